The molecule has 1 atom stereocenters. The van der Waals surface area contributed by atoms with Crippen LogP contribution in [-0.2, 0) is 6.54 Å². The zero-order chi connectivity index (χ0) is 15.4. The number of hydrogen-bond donors (Lipinski definition) is 0. The lowest BCUT2D eigenvalue weighted by Crippen LogP contribution is -2.01. The fraction of sp³-hybridized carbons (Fsp3) is 0.214. The highest BCUT2D eigenvalue weighted by molar-refractivity contribution is 7.99. The van der Waals surface area contributed by atoms with Gasteiger partial charge in [-0.1, -0.05) is 41.3 Å². The Hall–Kier alpha value is -2.48. The van der Waals surface area contributed by atoms with Crippen LogP contribution >= 0.6 is 11.8 Å². The standard InChI is InChI=1S/C14H15N7S/c1-3-9-20-14(16-17-19-20)22-11(2)13-10-21(18-15-13)12-7-5-4-6-8-12/h3-8,10-11H,1,9H2,2H3/t11-/m0/s1. The van der Waals surface area contributed by atoms with Crippen molar-refractivity contribution in [2.75, 3.05) is 0 Å². The molecule has 3 rings (SSSR count). The van der Waals surface area contributed by atoms with Crippen LogP contribution in [0.5, 0.6) is 0 Å². The van der Waals surface area contributed by atoms with Crippen LogP contribution in [0.4, 0.5) is 0 Å². The van der Waals surface area contributed by atoms with Gasteiger partial charge in [-0.25, -0.2) is 9.36 Å². The zero-order valence-electron chi connectivity index (χ0n) is 12.1. The van der Waals surface area contributed by atoms with Crippen molar-refractivity contribution >= 4 is 11.8 Å². The first-order chi connectivity index (χ1) is 10.8. The molecule has 0 saturated carbocycles. The molecule has 22 heavy (non-hydrogen) atoms. The highest BCUT2D eigenvalue weighted by Gasteiger charge is 2.16. The third-order valence-electron chi connectivity index (χ3n) is 3.03. The zero-order valence-corrected chi connectivity index (χ0v) is 12.9. The third-order valence-corrected chi connectivity index (χ3v) is 4.13. The number of benzene rings is 1. The summed E-state index contributed by atoms with van der Waals surface area (Å²) in [6, 6.07) is 9.89. The van der Waals surface area contributed by atoms with E-state index in [1.54, 1.807) is 27.2 Å². The van der Waals surface area contributed by atoms with Crippen LogP contribution in [0.15, 0.2) is 54.3 Å². The average molecular weight is 313 g/mol. The van der Waals surface area contributed by atoms with Gasteiger partial charge >= 0.3 is 0 Å². The van der Waals surface area contributed by atoms with E-state index in [0.717, 1.165) is 16.5 Å². The predicted octanol–water partition coefficient (Wildman–Crippen LogP) is 2.29. The predicted molar refractivity (Wildman–Crippen MR) is 83.6 cm³/mol. The van der Waals surface area contributed by atoms with E-state index in [9.17, 15) is 0 Å². The molecule has 7 nitrogen and oxygen atoms in total. The lowest BCUT2D eigenvalue weighted by atomic mass is 10.3. The Balaban J connectivity index is 1.75. The summed E-state index contributed by atoms with van der Waals surface area (Å²) in [6.07, 6.45) is 3.69. The molecule has 0 bridgehead atoms. The van der Waals surface area contributed by atoms with Crippen LogP contribution < -0.4 is 0 Å². The van der Waals surface area contributed by atoms with E-state index < -0.39 is 0 Å². The summed E-state index contributed by atoms with van der Waals surface area (Å²) in [4.78, 5) is 0. The van der Waals surface area contributed by atoms with E-state index in [2.05, 4.69) is 39.3 Å². The lowest BCUT2D eigenvalue weighted by molar-refractivity contribution is 0.613. The number of allylic oxidation sites excluding steroid dienone is 1. The molecule has 112 valence electrons. The van der Waals surface area contributed by atoms with Crippen molar-refractivity contribution in [1.82, 2.24) is 35.2 Å². The molecule has 0 amide bonds. The Labute approximate surface area is 132 Å². The van der Waals surface area contributed by atoms with Crippen LogP contribution in [0.2, 0.25) is 0 Å². The molecule has 0 saturated heterocycles. The Kier molecular flexibility index (Phi) is 4.29. The maximum Gasteiger partial charge on any atom is 0.210 e. The molecule has 0 unspecified atom stereocenters. The monoisotopic (exact) mass is 313 g/mol. The average Bonchev–Trinajstić information content (AvgIpc) is 3.19. The van der Waals surface area contributed by atoms with Crippen molar-refractivity contribution in [2.24, 2.45) is 0 Å². The summed E-state index contributed by atoms with van der Waals surface area (Å²) >= 11 is 1.54. The Bertz CT molecular complexity index is 749. The molecule has 2 aromatic heterocycles. The number of hydrogen-bond acceptors (Lipinski definition) is 6. The third kappa shape index (κ3) is 3.06. The van der Waals surface area contributed by atoms with Gasteiger partial charge in [-0.05, 0) is 29.5 Å². The van der Waals surface area contributed by atoms with E-state index in [1.807, 2.05) is 36.5 Å². The number of rotatable bonds is 6. The van der Waals surface area contributed by atoms with Crippen LogP contribution in [0.1, 0.15) is 17.9 Å². The smallest absolute Gasteiger partial charge is 0.210 e. The molecule has 2 heterocycles. The maximum absolute atomic E-state index is 4.24. The molecule has 0 aliphatic rings. The van der Waals surface area contributed by atoms with E-state index in [-0.39, 0.29) is 5.25 Å². The van der Waals surface area contributed by atoms with Crippen molar-refractivity contribution in [1.29, 1.82) is 0 Å². The number of aromatic nitrogens is 7. The van der Waals surface area contributed by atoms with Crippen molar-refractivity contribution in [3.8, 4) is 5.69 Å². The first-order valence-electron chi connectivity index (χ1n) is 6.79. The Morgan fingerprint density at radius 1 is 1.23 bits per heavy atom. The SMILES string of the molecule is C=CCn1nnnc1S[C@@H](C)c1cn(-c2ccccc2)nn1. The second kappa shape index (κ2) is 6.52. The first-order valence-corrected chi connectivity index (χ1v) is 7.67. The van der Waals surface area contributed by atoms with Gasteiger partial charge in [0.2, 0.25) is 5.16 Å². The minimum Gasteiger partial charge on any atom is -0.220 e. The van der Waals surface area contributed by atoms with Crippen LogP contribution in [-0.4, -0.2) is 35.2 Å². The van der Waals surface area contributed by atoms with Gasteiger partial charge in [0.1, 0.15) is 0 Å². The lowest BCUT2D eigenvalue weighted by Gasteiger charge is -2.06. The molecule has 8 heteroatoms. The van der Waals surface area contributed by atoms with Gasteiger partial charge in [0, 0.05) is 0 Å². The Morgan fingerprint density at radius 2 is 2.05 bits per heavy atom. The molecule has 0 spiro atoms. The quantitative estimate of drug-likeness (QED) is 0.513. The summed E-state index contributed by atoms with van der Waals surface area (Å²) < 4.78 is 3.47. The summed E-state index contributed by atoms with van der Waals surface area (Å²) in [6.45, 7) is 6.33. The van der Waals surface area contributed by atoms with Gasteiger partial charge in [-0.3, -0.25) is 0 Å². The maximum atomic E-state index is 4.24. The molecule has 0 radical (unpaired) electrons. The number of para-hydroxylation sites is 1. The van der Waals surface area contributed by atoms with Crippen LogP contribution in [0.3, 0.4) is 0 Å². The molecule has 1 aromatic carbocycles. The minimum atomic E-state index is 0.0898. The van der Waals surface area contributed by atoms with Crippen molar-refractivity contribution in [3.63, 3.8) is 0 Å². The number of tetrazole rings is 1. The molecule has 0 N–H and O–H groups in total. The summed E-state index contributed by atoms with van der Waals surface area (Å²) in [5.41, 5.74) is 1.86. The summed E-state index contributed by atoms with van der Waals surface area (Å²) in [5, 5.41) is 20.9. The van der Waals surface area contributed by atoms with Crippen molar-refractivity contribution in [3.05, 3.63) is 54.9 Å². The minimum absolute atomic E-state index is 0.0898. The molecule has 0 aliphatic heterocycles. The number of thioether (sulfide) groups is 1. The van der Waals surface area contributed by atoms with Gasteiger partial charge in [0.15, 0.2) is 0 Å². The molecule has 0 aliphatic carbocycles. The first kappa shape index (κ1) is 14.5. The largest absolute Gasteiger partial charge is 0.220 e. The van der Waals surface area contributed by atoms with Gasteiger partial charge in [-0.2, -0.15) is 0 Å². The molecule has 3 aromatic rings. The molecular weight excluding hydrogens is 298 g/mol. The second-order valence-electron chi connectivity index (χ2n) is 4.62. The summed E-state index contributed by atoms with van der Waals surface area (Å²) in [7, 11) is 0. The molecule has 0 fully saturated rings. The normalized spacial score (nSPS) is 12.2. The van der Waals surface area contributed by atoms with Gasteiger partial charge < -0.3 is 0 Å². The fourth-order valence-corrected chi connectivity index (χ4v) is 2.77. The van der Waals surface area contributed by atoms with E-state index in [4.69, 9.17) is 0 Å². The van der Waals surface area contributed by atoms with E-state index in [1.165, 1.54) is 0 Å². The summed E-state index contributed by atoms with van der Waals surface area (Å²) in [5.74, 6) is 0. The van der Waals surface area contributed by atoms with Gasteiger partial charge in [0.05, 0.1) is 29.4 Å². The molecular formula is C14H15N7S. The highest BCUT2D eigenvalue weighted by atomic mass is 32.2. The topological polar surface area (TPSA) is 74.3 Å². The van der Waals surface area contributed by atoms with E-state index >= 15 is 0 Å². The van der Waals surface area contributed by atoms with Gasteiger partial charge in [-0.15, -0.1) is 16.8 Å². The second-order valence-corrected chi connectivity index (χ2v) is 5.92. The number of nitrogens with zero attached hydrogens (tertiary/aromatic N) is 7. The van der Waals surface area contributed by atoms with Crippen LogP contribution in [0.25, 0.3) is 5.69 Å². The fourth-order valence-electron chi connectivity index (χ4n) is 1.91. The highest BCUT2D eigenvalue weighted by Crippen LogP contribution is 2.32. The van der Waals surface area contributed by atoms with Crippen molar-refractivity contribution in [2.45, 2.75) is 23.9 Å². The Morgan fingerprint density at radius 3 is 2.82 bits per heavy atom. The van der Waals surface area contributed by atoms with Crippen LogP contribution in [0, 0.1) is 0 Å². The van der Waals surface area contributed by atoms with E-state index in [0.29, 0.717) is 6.54 Å². The van der Waals surface area contributed by atoms with Gasteiger partial charge in [0.25, 0.3) is 0 Å². The van der Waals surface area contributed by atoms with Crippen molar-refractivity contribution < 1.29 is 0 Å².